The monoisotopic (exact) mass is 414 g/mol. The Hall–Kier alpha value is -3.67. The van der Waals surface area contributed by atoms with E-state index < -0.39 is 11.0 Å². The number of nitro benzene ring substituents is 1. The van der Waals surface area contributed by atoms with E-state index in [2.05, 4.69) is 31.3 Å². The molecule has 0 aromatic heterocycles. The zero-order valence-corrected chi connectivity index (χ0v) is 17.3. The first kappa shape index (κ1) is 19.3. The number of hydrogen-bond donors (Lipinski definition) is 2. The normalized spacial score (nSPS) is 19.5. The molecule has 6 heteroatoms. The lowest BCUT2D eigenvalue weighted by molar-refractivity contribution is -0.385. The number of fused-ring (bicyclic) bond motifs is 4. The summed E-state index contributed by atoms with van der Waals surface area (Å²) in [6.07, 6.45) is 1.16. The molecule has 2 N–H and O–H groups in total. The maximum absolute atomic E-state index is 13.4. The standard InChI is InChI=1S/C25H22N2O4/c1-25(2)12-17-22-16-6-4-3-5-14(16)7-9-18(22)26-24(23(17)21(29)13-25)15-8-10-20(28)19(11-15)27(30)31/h3-11,24,26,28H,12-13H2,1-2H3. The highest BCUT2D eigenvalue weighted by Gasteiger charge is 2.41. The predicted molar refractivity (Wildman–Crippen MR) is 120 cm³/mol. The molecule has 0 bridgehead atoms. The van der Waals surface area contributed by atoms with Gasteiger partial charge in [0.1, 0.15) is 0 Å². The lowest BCUT2D eigenvalue weighted by atomic mass is 9.68. The van der Waals surface area contributed by atoms with Crippen molar-refractivity contribution in [3.8, 4) is 5.75 Å². The van der Waals surface area contributed by atoms with Crippen molar-refractivity contribution in [3.05, 3.63) is 81.4 Å². The van der Waals surface area contributed by atoms with Gasteiger partial charge in [-0.15, -0.1) is 0 Å². The molecule has 1 aliphatic heterocycles. The second-order valence-electron chi connectivity index (χ2n) is 9.13. The third kappa shape index (κ3) is 3.06. The molecule has 0 radical (unpaired) electrons. The summed E-state index contributed by atoms with van der Waals surface area (Å²) < 4.78 is 0. The van der Waals surface area contributed by atoms with Gasteiger partial charge in [0.05, 0.1) is 11.0 Å². The number of allylic oxidation sites excluding steroid dienone is 1. The molecule has 31 heavy (non-hydrogen) atoms. The number of aromatic hydroxyl groups is 1. The maximum Gasteiger partial charge on any atom is 0.311 e. The Morgan fingerprint density at radius 3 is 2.65 bits per heavy atom. The van der Waals surface area contributed by atoms with Gasteiger partial charge in [0, 0.05) is 29.3 Å². The molecule has 1 heterocycles. The molecule has 0 saturated carbocycles. The first-order valence-corrected chi connectivity index (χ1v) is 10.3. The van der Waals surface area contributed by atoms with E-state index in [1.807, 2.05) is 24.3 Å². The van der Waals surface area contributed by atoms with Crippen LogP contribution < -0.4 is 5.32 Å². The second-order valence-corrected chi connectivity index (χ2v) is 9.13. The number of nitrogens with zero attached hydrogens (tertiary/aromatic N) is 1. The van der Waals surface area contributed by atoms with E-state index in [0.717, 1.165) is 34.0 Å². The van der Waals surface area contributed by atoms with Crippen molar-refractivity contribution in [1.29, 1.82) is 0 Å². The number of rotatable bonds is 2. The van der Waals surface area contributed by atoms with Gasteiger partial charge in [0.15, 0.2) is 11.5 Å². The summed E-state index contributed by atoms with van der Waals surface area (Å²) in [5, 5.41) is 26.9. The molecule has 0 amide bonds. The van der Waals surface area contributed by atoms with E-state index in [4.69, 9.17) is 0 Å². The van der Waals surface area contributed by atoms with E-state index in [0.29, 0.717) is 17.6 Å². The number of phenolic OH excluding ortho intramolecular Hbond substituents is 1. The molecule has 0 fully saturated rings. The summed E-state index contributed by atoms with van der Waals surface area (Å²) in [6.45, 7) is 4.20. The molecule has 1 unspecified atom stereocenters. The van der Waals surface area contributed by atoms with Crippen molar-refractivity contribution in [2.75, 3.05) is 5.32 Å². The van der Waals surface area contributed by atoms with Crippen LogP contribution in [0.15, 0.2) is 60.2 Å². The first-order chi connectivity index (χ1) is 14.7. The molecule has 0 spiro atoms. The van der Waals surface area contributed by atoms with Crippen LogP contribution in [0.5, 0.6) is 5.75 Å². The second kappa shape index (κ2) is 6.67. The van der Waals surface area contributed by atoms with Crippen molar-refractivity contribution >= 4 is 33.5 Å². The lowest BCUT2D eigenvalue weighted by Gasteiger charge is -2.40. The van der Waals surface area contributed by atoms with Crippen LogP contribution in [-0.2, 0) is 4.79 Å². The van der Waals surface area contributed by atoms with Crippen molar-refractivity contribution in [3.63, 3.8) is 0 Å². The zero-order valence-electron chi connectivity index (χ0n) is 17.3. The Morgan fingerprint density at radius 1 is 1.10 bits per heavy atom. The summed E-state index contributed by atoms with van der Waals surface area (Å²) in [6, 6.07) is 16.0. The summed E-state index contributed by atoms with van der Waals surface area (Å²) >= 11 is 0. The van der Waals surface area contributed by atoms with Crippen LogP contribution in [0.3, 0.4) is 0 Å². The van der Waals surface area contributed by atoms with Gasteiger partial charge < -0.3 is 10.4 Å². The molecule has 3 aromatic carbocycles. The fourth-order valence-electron chi connectivity index (χ4n) is 4.95. The molecular formula is C25H22N2O4. The third-order valence-corrected chi connectivity index (χ3v) is 6.27. The smallest absolute Gasteiger partial charge is 0.311 e. The number of anilines is 1. The molecular weight excluding hydrogens is 392 g/mol. The Balaban J connectivity index is 1.78. The quantitative estimate of drug-likeness (QED) is 0.411. The average molecular weight is 414 g/mol. The van der Waals surface area contributed by atoms with Gasteiger partial charge in [-0.05, 0) is 45.9 Å². The minimum atomic E-state index is -0.607. The fraction of sp³-hybridized carbons (Fsp3) is 0.240. The lowest BCUT2D eigenvalue weighted by Crippen LogP contribution is -2.33. The van der Waals surface area contributed by atoms with Crippen molar-refractivity contribution in [1.82, 2.24) is 0 Å². The highest BCUT2D eigenvalue weighted by Crippen LogP contribution is 2.52. The van der Waals surface area contributed by atoms with Crippen LogP contribution >= 0.6 is 0 Å². The van der Waals surface area contributed by atoms with E-state index in [9.17, 15) is 20.0 Å². The Morgan fingerprint density at radius 2 is 1.87 bits per heavy atom. The molecule has 3 aromatic rings. The molecule has 1 atom stereocenters. The van der Waals surface area contributed by atoms with Crippen molar-refractivity contribution < 1.29 is 14.8 Å². The molecule has 6 nitrogen and oxygen atoms in total. The van der Waals surface area contributed by atoms with Gasteiger partial charge in [-0.1, -0.05) is 50.2 Å². The number of phenols is 1. The number of nitro groups is 1. The largest absolute Gasteiger partial charge is 0.502 e. The number of Topliss-reactive ketones (excluding diaryl/α,β-unsaturated/α-hetero) is 1. The molecule has 1 aliphatic carbocycles. The highest BCUT2D eigenvalue weighted by molar-refractivity contribution is 6.12. The van der Waals surface area contributed by atoms with Gasteiger partial charge in [-0.2, -0.15) is 0 Å². The van der Waals surface area contributed by atoms with Gasteiger partial charge in [-0.25, -0.2) is 0 Å². The Bertz CT molecular complexity index is 1310. The van der Waals surface area contributed by atoms with Crippen LogP contribution in [0, 0.1) is 15.5 Å². The van der Waals surface area contributed by atoms with Crippen molar-refractivity contribution in [2.45, 2.75) is 32.7 Å². The number of nitrogens with one attached hydrogen (secondary N) is 1. The summed E-state index contributed by atoms with van der Waals surface area (Å²) in [7, 11) is 0. The summed E-state index contributed by atoms with van der Waals surface area (Å²) in [4.78, 5) is 24.2. The van der Waals surface area contributed by atoms with Gasteiger partial charge in [0.25, 0.3) is 0 Å². The Labute approximate surface area is 179 Å². The van der Waals surface area contributed by atoms with E-state index in [1.54, 1.807) is 6.07 Å². The Kier molecular flexibility index (Phi) is 4.15. The maximum atomic E-state index is 13.4. The number of carbonyl (C=O) groups is 1. The molecule has 0 saturated heterocycles. The highest BCUT2D eigenvalue weighted by atomic mass is 16.6. The fourth-order valence-corrected chi connectivity index (χ4v) is 4.95. The number of hydrogen-bond acceptors (Lipinski definition) is 5. The van der Waals surface area contributed by atoms with E-state index >= 15 is 0 Å². The molecule has 156 valence electrons. The topological polar surface area (TPSA) is 92.5 Å². The number of carbonyl (C=O) groups excluding carboxylic acids is 1. The van der Waals surface area contributed by atoms with Crippen LogP contribution in [-0.4, -0.2) is 15.8 Å². The minimum absolute atomic E-state index is 0.0538. The van der Waals surface area contributed by atoms with Gasteiger partial charge in [0.2, 0.25) is 0 Å². The van der Waals surface area contributed by atoms with Crippen LogP contribution in [0.25, 0.3) is 16.3 Å². The first-order valence-electron chi connectivity index (χ1n) is 10.3. The summed E-state index contributed by atoms with van der Waals surface area (Å²) in [5.41, 5.74) is 3.67. The van der Waals surface area contributed by atoms with E-state index in [-0.39, 0.29) is 22.6 Å². The van der Waals surface area contributed by atoms with Gasteiger partial charge >= 0.3 is 5.69 Å². The van der Waals surface area contributed by atoms with Crippen LogP contribution in [0.2, 0.25) is 0 Å². The van der Waals surface area contributed by atoms with Gasteiger partial charge in [-0.3, -0.25) is 14.9 Å². The number of benzene rings is 3. The minimum Gasteiger partial charge on any atom is -0.502 e. The van der Waals surface area contributed by atoms with E-state index in [1.165, 1.54) is 12.1 Å². The third-order valence-electron chi connectivity index (χ3n) is 6.27. The van der Waals surface area contributed by atoms with Crippen LogP contribution in [0.1, 0.15) is 43.9 Å². The molecule has 5 rings (SSSR count). The predicted octanol–water partition coefficient (Wildman–Crippen LogP) is 5.76. The zero-order chi connectivity index (χ0) is 21.9. The summed E-state index contributed by atoms with van der Waals surface area (Å²) in [5.74, 6) is -0.334. The molecule has 2 aliphatic rings. The average Bonchev–Trinajstić information content (AvgIpc) is 2.72. The number of ketones is 1. The van der Waals surface area contributed by atoms with Crippen LogP contribution in [0.4, 0.5) is 11.4 Å². The SMILES string of the molecule is CC1(C)CC(=O)C2=C(C1)c1c(ccc3ccccc13)NC2c1ccc(O)c([N+](=O)[O-])c1. The van der Waals surface area contributed by atoms with Crippen molar-refractivity contribution in [2.24, 2.45) is 5.41 Å².